The summed E-state index contributed by atoms with van der Waals surface area (Å²) < 4.78 is 1.55. The summed E-state index contributed by atoms with van der Waals surface area (Å²) in [5.41, 5.74) is 1.02. The average Bonchev–Trinajstić information content (AvgIpc) is 2.95. The minimum absolute atomic E-state index is 0.0874. The predicted molar refractivity (Wildman–Crippen MR) is 77.4 cm³/mol. The lowest BCUT2D eigenvalue weighted by molar-refractivity contribution is -0.122. The fraction of sp³-hybridized carbons (Fsp3) is 0.538. The van der Waals surface area contributed by atoms with Gasteiger partial charge in [0.1, 0.15) is 6.54 Å². The summed E-state index contributed by atoms with van der Waals surface area (Å²) in [6.07, 6.45) is 0. The van der Waals surface area contributed by atoms with E-state index in [0.717, 1.165) is 0 Å². The molecule has 0 aliphatic carbocycles. The molecule has 0 aliphatic rings. The number of amides is 1. The molecule has 0 saturated carbocycles. The molecule has 1 amide bonds. The normalized spacial score (nSPS) is 11.6. The van der Waals surface area contributed by atoms with E-state index in [1.165, 1.54) is 10.4 Å². The Labute approximate surface area is 122 Å². The van der Waals surface area contributed by atoms with Crippen LogP contribution in [0.15, 0.2) is 11.4 Å². The summed E-state index contributed by atoms with van der Waals surface area (Å²) in [5, 5.41) is 16.4. The van der Waals surface area contributed by atoms with Crippen molar-refractivity contribution in [2.75, 3.05) is 0 Å². The predicted octanol–water partition coefficient (Wildman–Crippen LogP) is 1.66. The van der Waals surface area contributed by atoms with E-state index in [1.807, 2.05) is 39.1 Å². The highest BCUT2D eigenvalue weighted by molar-refractivity contribution is 7.10. The summed E-state index contributed by atoms with van der Waals surface area (Å²) in [6.45, 7) is 8.78. The summed E-state index contributed by atoms with van der Waals surface area (Å²) >= 11 is 1.65. The molecular weight excluding hydrogens is 274 g/mol. The average molecular weight is 293 g/mol. The van der Waals surface area contributed by atoms with Crippen molar-refractivity contribution in [3.05, 3.63) is 27.7 Å². The SMILES string of the molecule is Cc1ccsc1CNC(=O)Cn1nnnc1C(C)(C)C. The van der Waals surface area contributed by atoms with Gasteiger partial charge in [0.2, 0.25) is 5.91 Å². The molecule has 0 aliphatic heterocycles. The summed E-state index contributed by atoms with van der Waals surface area (Å²) in [5.74, 6) is 0.621. The van der Waals surface area contributed by atoms with Gasteiger partial charge in [-0.15, -0.1) is 16.4 Å². The minimum atomic E-state index is -0.186. The molecule has 108 valence electrons. The van der Waals surface area contributed by atoms with Crippen molar-refractivity contribution in [3.63, 3.8) is 0 Å². The first-order chi connectivity index (χ1) is 9.38. The molecule has 0 bridgehead atoms. The second kappa shape index (κ2) is 5.70. The van der Waals surface area contributed by atoms with Gasteiger partial charge in [0.05, 0.1) is 6.54 Å². The third-order valence-electron chi connectivity index (χ3n) is 2.91. The molecule has 0 spiro atoms. The standard InChI is InChI=1S/C13H19N5OS/c1-9-5-6-20-10(9)7-14-11(19)8-18-12(13(2,3)4)15-16-17-18/h5-6H,7-8H2,1-4H3,(H,14,19). The van der Waals surface area contributed by atoms with Gasteiger partial charge in [-0.3, -0.25) is 4.79 Å². The van der Waals surface area contributed by atoms with Crippen LogP contribution < -0.4 is 5.32 Å². The molecule has 0 atom stereocenters. The van der Waals surface area contributed by atoms with Gasteiger partial charge in [0.15, 0.2) is 5.82 Å². The van der Waals surface area contributed by atoms with Crippen LogP contribution >= 0.6 is 11.3 Å². The molecule has 1 N–H and O–H groups in total. The van der Waals surface area contributed by atoms with Crippen molar-refractivity contribution in [1.29, 1.82) is 0 Å². The number of aryl methyl sites for hydroxylation is 1. The number of rotatable bonds is 4. The molecule has 6 nitrogen and oxygen atoms in total. The topological polar surface area (TPSA) is 72.7 Å². The van der Waals surface area contributed by atoms with Crippen molar-refractivity contribution in [2.45, 2.75) is 46.2 Å². The molecule has 2 aromatic heterocycles. The maximum Gasteiger partial charge on any atom is 0.242 e. The van der Waals surface area contributed by atoms with Crippen LogP contribution in [-0.4, -0.2) is 26.1 Å². The van der Waals surface area contributed by atoms with Crippen LogP contribution in [0.25, 0.3) is 0 Å². The first-order valence-corrected chi connectivity index (χ1v) is 7.32. The lowest BCUT2D eigenvalue weighted by atomic mass is 9.96. The zero-order chi connectivity index (χ0) is 14.8. The van der Waals surface area contributed by atoms with Crippen molar-refractivity contribution in [3.8, 4) is 0 Å². The van der Waals surface area contributed by atoms with E-state index in [2.05, 4.69) is 20.8 Å². The lowest BCUT2D eigenvalue weighted by Crippen LogP contribution is -2.30. The summed E-state index contributed by atoms with van der Waals surface area (Å²) in [6, 6.07) is 2.05. The maximum absolute atomic E-state index is 12.0. The van der Waals surface area contributed by atoms with Crippen molar-refractivity contribution in [2.24, 2.45) is 0 Å². The first-order valence-electron chi connectivity index (χ1n) is 6.44. The molecule has 2 aromatic rings. The molecular formula is C13H19N5OS. The van der Waals surface area contributed by atoms with Gasteiger partial charge in [-0.05, 0) is 34.4 Å². The number of hydrogen-bond acceptors (Lipinski definition) is 5. The van der Waals surface area contributed by atoms with Gasteiger partial charge < -0.3 is 5.32 Å². The Bertz CT molecular complexity index is 596. The van der Waals surface area contributed by atoms with Crippen LogP contribution in [0.1, 0.15) is 37.0 Å². The van der Waals surface area contributed by atoms with Crippen LogP contribution in [0.4, 0.5) is 0 Å². The molecule has 20 heavy (non-hydrogen) atoms. The first kappa shape index (κ1) is 14.6. The van der Waals surface area contributed by atoms with E-state index in [9.17, 15) is 4.79 Å². The van der Waals surface area contributed by atoms with Gasteiger partial charge in [-0.2, -0.15) is 0 Å². The van der Waals surface area contributed by atoms with Gasteiger partial charge in [-0.25, -0.2) is 4.68 Å². The highest BCUT2D eigenvalue weighted by Gasteiger charge is 2.22. The molecule has 0 unspecified atom stereocenters. The van der Waals surface area contributed by atoms with Crippen LogP contribution in [0, 0.1) is 6.92 Å². The Balaban J connectivity index is 1.96. The highest BCUT2D eigenvalue weighted by atomic mass is 32.1. The Morgan fingerprint density at radius 3 is 2.80 bits per heavy atom. The number of tetrazole rings is 1. The van der Waals surface area contributed by atoms with Crippen molar-refractivity contribution < 1.29 is 4.79 Å². The monoisotopic (exact) mass is 293 g/mol. The van der Waals surface area contributed by atoms with Gasteiger partial charge in [0, 0.05) is 10.3 Å². The number of thiophene rings is 1. The zero-order valence-corrected chi connectivity index (χ0v) is 13.0. The van der Waals surface area contributed by atoms with E-state index in [4.69, 9.17) is 0 Å². The number of nitrogens with one attached hydrogen (secondary N) is 1. The van der Waals surface area contributed by atoms with Gasteiger partial charge in [0.25, 0.3) is 0 Å². The minimum Gasteiger partial charge on any atom is -0.350 e. The molecule has 0 fully saturated rings. The fourth-order valence-electron chi connectivity index (χ4n) is 1.80. The molecule has 7 heteroatoms. The van der Waals surface area contributed by atoms with Gasteiger partial charge in [-0.1, -0.05) is 20.8 Å². The second-order valence-corrected chi connectivity index (χ2v) is 6.71. The number of carbonyl (C=O) groups excluding carboxylic acids is 1. The number of hydrogen-bond donors (Lipinski definition) is 1. The largest absolute Gasteiger partial charge is 0.350 e. The maximum atomic E-state index is 12.0. The second-order valence-electron chi connectivity index (χ2n) is 5.71. The van der Waals surface area contributed by atoms with Crippen molar-refractivity contribution >= 4 is 17.2 Å². The Hall–Kier alpha value is -1.76. The fourth-order valence-corrected chi connectivity index (χ4v) is 2.65. The zero-order valence-electron chi connectivity index (χ0n) is 12.2. The third kappa shape index (κ3) is 3.41. The van der Waals surface area contributed by atoms with E-state index in [-0.39, 0.29) is 17.9 Å². The van der Waals surface area contributed by atoms with Crippen LogP contribution in [-0.2, 0) is 23.3 Å². The Kier molecular flexibility index (Phi) is 4.17. The lowest BCUT2D eigenvalue weighted by Gasteiger charge is -2.16. The van der Waals surface area contributed by atoms with E-state index in [1.54, 1.807) is 16.0 Å². The van der Waals surface area contributed by atoms with Crippen LogP contribution in [0.5, 0.6) is 0 Å². The van der Waals surface area contributed by atoms with E-state index >= 15 is 0 Å². The summed E-state index contributed by atoms with van der Waals surface area (Å²) in [7, 11) is 0. The number of aromatic nitrogens is 4. The number of carbonyl (C=O) groups is 1. The molecule has 0 radical (unpaired) electrons. The third-order valence-corrected chi connectivity index (χ3v) is 3.93. The van der Waals surface area contributed by atoms with Gasteiger partial charge >= 0.3 is 0 Å². The highest BCUT2D eigenvalue weighted by Crippen LogP contribution is 2.18. The van der Waals surface area contributed by atoms with Crippen LogP contribution in [0.2, 0.25) is 0 Å². The van der Waals surface area contributed by atoms with E-state index < -0.39 is 0 Å². The molecule has 0 aromatic carbocycles. The Morgan fingerprint density at radius 2 is 2.20 bits per heavy atom. The van der Waals surface area contributed by atoms with E-state index in [0.29, 0.717) is 12.4 Å². The molecule has 2 rings (SSSR count). The number of nitrogens with zero attached hydrogens (tertiary/aromatic N) is 4. The van der Waals surface area contributed by atoms with Crippen LogP contribution in [0.3, 0.4) is 0 Å². The summed E-state index contributed by atoms with van der Waals surface area (Å²) in [4.78, 5) is 13.1. The smallest absolute Gasteiger partial charge is 0.242 e. The Morgan fingerprint density at radius 1 is 1.45 bits per heavy atom. The molecule has 0 saturated heterocycles. The quantitative estimate of drug-likeness (QED) is 0.930. The molecule has 2 heterocycles. The van der Waals surface area contributed by atoms with Crippen molar-refractivity contribution in [1.82, 2.24) is 25.5 Å².